The lowest BCUT2D eigenvalue weighted by molar-refractivity contribution is -0.143. The maximum absolute atomic E-state index is 11.5. The van der Waals surface area contributed by atoms with Gasteiger partial charge in [0.15, 0.2) is 0 Å². The summed E-state index contributed by atoms with van der Waals surface area (Å²) in [5, 5.41) is 0. The highest BCUT2D eigenvalue weighted by atomic mass is 16.5. The van der Waals surface area contributed by atoms with E-state index in [1.165, 1.54) is 77.3 Å². The molecular weight excluding hydrogens is 358 g/mol. The number of carbonyl (C=O) groups excluding carboxylic acids is 1. The molecule has 0 radical (unpaired) electrons. The molecule has 2 rings (SSSR count). The number of nitrogens with zero attached hydrogens (tertiary/aromatic N) is 1. The van der Waals surface area contributed by atoms with Crippen LogP contribution in [0.3, 0.4) is 0 Å². The van der Waals surface area contributed by atoms with Crippen LogP contribution in [-0.4, -0.2) is 36.6 Å². The maximum atomic E-state index is 11.5. The normalized spacial score (nSPS) is 24.7. The van der Waals surface area contributed by atoms with Gasteiger partial charge in [0.2, 0.25) is 0 Å². The minimum atomic E-state index is -0.0364. The molecule has 1 aliphatic carbocycles. The molecular formula is C26H45NO2. The van der Waals surface area contributed by atoms with Gasteiger partial charge >= 0.3 is 5.97 Å². The lowest BCUT2D eigenvalue weighted by Crippen LogP contribution is -2.37. The first kappa shape index (κ1) is 24.2. The largest absolute Gasteiger partial charge is 0.466 e. The fourth-order valence-corrected chi connectivity index (χ4v) is 4.94. The van der Waals surface area contributed by atoms with Crippen molar-refractivity contribution in [2.75, 3.05) is 19.7 Å². The van der Waals surface area contributed by atoms with E-state index in [1.807, 2.05) is 6.92 Å². The zero-order valence-corrected chi connectivity index (χ0v) is 19.1. The fraction of sp³-hybridized carbons (Fsp3) is 0.808. The molecule has 0 saturated carbocycles. The van der Waals surface area contributed by atoms with Crippen LogP contribution >= 0.6 is 0 Å². The molecule has 166 valence electrons. The van der Waals surface area contributed by atoms with Gasteiger partial charge in [-0.3, -0.25) is 9.69 Å². The molecule has 1 fully saturated rings. The van der Waals surface area contributed by atoms with Crippen LogP contribution in [-0.2, 0) is 9.53 Å². The van der Waals surface area contributed by atoms with Crippen molar-refractivity contribution in [3.05, 3.63) is 24.3 Å². The number of rotatable bonds is 15. The van der Waals surface area contributed by atoms with Crippen molar-refractivity contribution in [3.63, 3.8) is 0 Å². The lowest BCUT2D eigenvalue weighted by Gasteiger charge is -2.31. The summed E-state index contributed by atoms with van der Waals surface area (Å²) < 4.78 is 5.02. The van der Waals surface area contributed by atoms with Crippen LogP contribution in [0.1, 0.15) is 97.3 Å². The number of ether oxygens (including phenoxy) is 1. The molecule has 0 aromatic rings. The molecule has 0 amide bonds. The van der Waals surface area contributed by atoms with Gasteiger partial charge in [0.1, 0.15) is 0 Å². The van der Waals surface area contributed by atoms with Crippen LogP contribution in [0.2, 0.25) is 0 Å². The Labute approximate surface area is 180 Å². The van der Waals surface area contributed by atoms with Gasteiger partial charge in [-0.15, -0.1) is 0 Å². The Hall–Kier alpha value is -1.09. The minimum Gasteiger partial charge on any atom is -0.466 e. The Morgan fingerprint density at radius 3 is 2.52 bits per heavy atom. The first-order valence-electron chi connectivity index (χ1n) is 12.5. The average Bonchev–Trinajstić information content (AvgIpc) is 3.37. The van der Waals surface area contributed by atoms with Crippen molar-refractivity contribution in [2.45, 2.75) is 103 Å². The number of likely N-dealkylation sites (tertiary alicyclic amines) is 1. The number of unbranched alkanes of at least 4 members (excludes halogenated alkanes) is 7. The van der Waals surface area contributed by atoms with E-state index < -0.39 is 0 Å². The Bertz CT molecular complexity index is 493. The van der Waals surface area contributed by atoms with Crippen LogP contribution in [0.25, 0.3) is 0 Å². The number of hydrogen-bond donors (Lipinski definition) is 0. The number of allylic oxidation sites excluding steroid dienone is 3. The summed E-state index contributed by atoms with van der Waals surface area (Å²) in [6, 6.07) is 0.645. The van der Waals surface area contributed by atoms with Crippen molar-refractivity contribution < 1.29 is 9.53 Å². The summed E-state index contributed by atoms with van der Waals surface area (Å²) in [6.45, 7) is 7.20. The monoisotopic (exact) mass is 403 g/mol. The summed E-state index contributed by atoms with van der Waals surface area (Å²) in [5.74, 6) is 1.32. The van der Waals surface area contributed by atoms with Gasteiger partial charge in [-0.2, -0.15) is 0 Å². The predicted octanol–water partition coefficient (Wildman–Crippen LogP) is 6.68. The molecule has 2 aliphatic rings. The maximum Gasteiger partial charge on any atom is 0.305 e. The lowest BCUT2D eigenvalue weighted by atomic mass is 9.86. The third-order valence-corrected chi connectivity index (χ3v) is 6.58. The Morgan fingerprint density at radius 1 is 1.00 bits per heavy atom. The topological polar surface area (TPSA) is 29.5 Å². The van der Waals surface area contributed by atoms with Gasteiger partial charge in [0.05, 0.1) is 6.61 Å². The van der Waals surface area contributed by atoms with Gasteiger partial charge in [-0.1, -0.05) is 69.8 Å². The van der Waals surface area contributed by atoms with Crippen molar-refractivity contribution in [1.82, 2.24) is 4.90 Å². The van der Waals surface area contributed by atoms with E-state index in [1.54, 1.807) is 0 Å². The van der Waals surface area contributed by atoms with Crippen molar-refractivity contribution in [1.29, 1.82) is 0 Å². The molecule has 3 nitrogen and oxygen atoms in total. The van der Waals surface area contributed by atoms with E-state index in [9.17, 15) is 4.79 Å². The second-order valence-corrected chi connectivity index (χ2v) is 8.90. The number of esters is 1. The third-order valence-electron chi connectivity index (χ3n) is 6.58. The van der Waals surface area contributed by atoms with E-state index in [-0.39, 0.29) is 5.97 Å². The van der Waals surface area contributed by atoms with Crippen molar-refractivity contribution in [3.8, 4) is 0 Å². The molecule has 1 aliphatic heterocycles. The molecule has 3 heteroatoms. The molecule has 0 bridgehead atoms. The quantitative estimate of drug-likeness (QED) is 0.173. The van der Waals surface area contributed by atoms with Crippen LogP contribution in [0.5, 0.6) is 0 Å². The van der Waals surface area contributed by atoms with Crippen LogP contribution < -0.4 is 0 Å². The number of hydrogen-bond acceptors (Lipinski definition) is 3. The smallest absolute Gasteiger partial charge is 0.305 e. The average molecular weight is 404 g/mol. The zero-order chi connectivity index (χ0) is 20.7. The highest BCUT2D eigenvalue weighted by Gasteiger charge is 2.34. The Balaban J connectivity index is 1.74. The van der Waals surface area contributed by atoms with E-state index in [0.717, 1.165) is 18.8 Å². The second-order valence-electron chi connectivity index (χ2n) is 8.90. The SMILES string of the molecule is CCCCCC/C=C/[C@H]1C=CC(N2CCCC2)[C@@H]1CCCCCCC(=O)OCC. The summed E-state index contributed by atoms with van der Waals surface area (Å²) in [6.07, 6.45) is 25.8. The van der Waals surface area contributed by atoms with E-state index in [4.69, 9.17) is 4.74 Å². The highest BCUT2D eigenvalue weighted by molar-refractivity contribution is 5.69. The van der Waals surface area contributed by atoms with Crippen molar-refractivity contribution >= 4 is 5.97 Å². The highest BCUT2D eigenvalue weighted by Crippen LogP contribution is 2.36. The van der Waals surface area contributed by atoms with Crippen LogP contribution in [0, 0.1) is 11.8 Å². The zero-order valence-electron chi connectivity index (χ0n) is 19.1. The minimum absolute atomic E-state index is 0.0364. The molecule has 1 saturated heterocycles. The fourth-order valence-electron chi connectivity index (χ4n) is 4.94. The standard InChI is InChI=1S/C26H45NO2/c1-3-5-6-7-8-11-16-23-19-20-25(27-21-14-15-22-27)24(23)17-12-9-10-13-18-26(28)29-4-2/h11,16,19-20,23-25H,3-10,12-15,17-18,21-22H2,1-2H3/b16-11+/t23-,24+,25?/m0/s1. The molecule has 1 heterocycles. The molecule has 1 unspecified atom stereocenters. The molecule has 3 atom stereocenters. The van der Waals surface area contributed by atoms with E-state index in [0.29, 0.717) is 25.0 Å². The predicted molar refractivity (Wildman–Crippen MR) is 123 cm³/mol. The molecule has 0 spiro atoms. The van der Waals surface area contributed by atoms with Gasteiger partial charge in [-0.05, 0) is 70.4 Å². The summed E-state index contributed by atoms with van der Waals surface area (Å²) in [4.78, 5) is 14.2. The molecule has 0 aromatic carbocycles. The molecule has 0 N–H and O–H groups in total. The van der Waals surface area contributed by atoms with Crippen LogP contribution in [0.4, 0.5) is 0 Å². The van der Waals surface area contributed by atoms with Crippen LogP contribution in [0.15, 0.2) is 24.3 Å². The molecule has 29 heavy (non-hydrogen) atoms. The first-order valence-corrected chi connectivity index (χ1v) is 12.5. The molecule has 0 aromatic heterocycles. The summed E-state index contributed by atoms with van der Waals surface area (Å²) in [5.41, 5.74) is 0. The summed E-state index contributed by atoms with van der Waals surface area (Å²) in [7, 11) is 0. The van der Waals surface area contributed by atoms with Gasteiger partial charge < -0.3 is 4.74 Å². The number of carbonyl (C=O) groups is 1. The van der Waals surface area contributed by atoms with E-state index >= 15 is 0 Å². The van der Waals surface area contributed by atoms with Gasteiger partial charge in [0, 0.05) is 12.5 Å². The second kappa shape index (κ2) is 14.8. The Morgan fingerprint density at radius 2 is 1.76 bits per heavy atom. The third kappa shape index (κ3) is 9.07. The van der Waals surface area contributed by atoms with Crippen molar-refractivity contribution in [2.24, 2.45) is 11.8 Å². The van der Waals surface area contributed by atoms with E-state index in [2.05, 4.69) is 36.1 Å². The van der Waals surface area contributed by atoms with Gasteiger partial charge in [0.25, 0.3) is 0 Å². The van der Waals surface area contributed by atoms with Gasteiger partial charge in [-0.25, -0.2) is 0 Å². The summed E-state index contributed by atoms with van der Waals surface area (Å²) >= 11 is 0. The Kier molecular flexibility index (Phi) is 12.4. The first-order chi connectivity index (χ1) is 14.3.